The SMILES string of the molecule is O=c1[nH]c2ccc(C(O)CN3CCCC(Cc4ccccc4)C3)cc2[nH]1. The lowest BCUT2D eigenvalue weighted by atomic mass is 9.91. The van der Waals surface area contributed by atoms with Crippen molar-refractivity contribution < 1.29 is 5.11 Å². The van der Waals surface area contributed by atoms with Crippen molar-refractivity contribution in [1.82, 2.24) is 14.9 Å². The van der Waals surface area contributed by atoms with Crippen LogP contribution in [-0.2, 0) is 6.42 Å². The number of piperidine rings is 1. The van der Waals surface area contributed by atoms with Crippen molar-refractivity contribution in [2.45, 2.75) is 25.4 Å². The maximum Gasteiger partial charge on any atom is 0.323 e. The molecule has 0 bridgehead atoms. The molecule has 3 aromatic rings. The number of H-pyrrole nitrogens is 2. The van der Waals surface area contributed by atoms with Gasteiger partial charge in [0.2, 0.25) is 0 Å². The van der Waals surface area contributed by atoms with Crippen LogP contribution in [0.4, 0.5) is 0 Å². The van der Waals surface area contributed by atoms with Crippen molar-refractivity contribution in [2.75, 3.05) is 19.6 Å². The molecule has 0 radical (unpaired) electrons. The van der Waals surface area contributed by atoms with Gasteiger partial charge in [-0.3, -0.25) is 0 Å². The van der Waals surface area contributed by atoms with Crippen LogP contribution >= 0.6 is 0 Å². The first kappa shape index (κ1) is 17.1. The summed E-state index contributed by atoms with van der Waals surface area (Å²) in [4.78, 5) is 19.2. The average molecular weight is 351 g/mol. The van der Waals surface area contributed by atoms with Crippen molar-refractivity contribution in [3.63, 3.8) is 0 Å². The van der Waals surface area contributed by atoms with Gasteiger partial charge in [-0.15, -0.1) is 0 Å². The van der Waals surface area contributed by atoms with Crippen molar-refractivity contribution in [3.8, 4) is 0 Å². The van der Waals surface area contributed by atoms with Crippen LogP contribution < -0.4 is 5.69 Å². The molecule has 0 spiro atoms. The Morgan fingerprint density at radius 2 is 1.92 bits per heavy atom. The van der Waals surface area contributed by atoms with E-state index in [0.29, 0.717) is 12.5 Å². The lowest BCUT2D eigenvalue weighted by Crippen LogP contribution is -2.38. The molecule has 2 atom stereocenters. The molecule has 26 heavy (non-hydrogen) atoms. The van der Waals surface area contributed by atoms with Crippen molar-refractivity contribution in [2.24, 2.45) is 5.92 Å². The number of aliphatic hydroxyl groups is 1. The molecule has 1 saturated heterocycles. The van der Waals surface area contributed by atoms with Gasteiger partial charge in [-0.05, 0) is 55.0 Å². The van der Waals surface area contributed by atoms with Gasteiger partial charge in [-0.1, -0.05) is 36.4 Å². The Bertz CT molecular complexity index is 916. The second kappa shape index (κ2) is 7.48. The van der Waals surface area contributed by atoms with E-state index in [9.17, 15) is 9.90 Å². The smallest absolute Gasteiger partial charge is 0.323 e. The van der Waals surface area contributed by atoms with E-state index in [-0.39, 0.29) is 5.69 Å². The molecule has 136 valence electrons. The van der Waals surface area contributed by atoms with E-state index in [4.69, 9.17) is 0 Å². The number of hydrogen-bond donors (Lipinski definition) is 3. The standard InChI is InChI=1S/C21H25N3O2/c25-20(17-8-9-18-19(12-17)23-21(26)22-18)14-24-10-4-7-16(13-24)11-15-5-2-1-3-6-15/h1-3,5-6,8-9,12,16,20,25H,4,7,10-11,13-14H2,(H2,22,23,26). The summed E-state index contributed by atoms with van der Waals surface area (Å²) in [7, 11) is 0. The molecule has 0 amide bonds. The van der Waals surface area contributed by atoms with Crippen LogP contribution in [0.2, 0.25) is 0 Å². The second-order valence-corrected chi connectivity index (χ2v) is 7.36. The van der Waals surface area contributed by atoms with E-state index in [2.05, 4.69) is 45.2 Å². The topological polar surface area (TPSA) is 72.1 Å². The zero-order chi connectivity index (χ0) is 17.9. The molecule has 1 aliphatic heterocycles. The van der Waals surface area contributed by atoms with Gasteiger partial charge < -0.3 is 20.0 Å². The fraction of sp³-hybridized carbons (Fsp3) is 0.381. The maximum atomic E-state index is 11.4. The number of hydrogen-bond acceptors (Lipinski definition) is 3. The van der Waals surface area contributed by atoms with Crippen LogP contribution in [0, 0.1) is 5.92 Å². The van der Waals surface area contributed by atoms with Crippen molar-refractivity contribution in [3.05, 3.63) is 70.1 Å². The summed E-state index contributed by atoms with van der Waals surface area (Å²) in [6, 6.07) is 16.2. The minimum absolute atomic E-state index is 0.216. The molecular formula is C21H25N3O2. The molecule has 2 unspecified atom stereocenters. The lowest BCUT2D eigenvalue weighted by molar-refractivity contribution is 0.0844. The lowest BCUT2D eigenvalue weighted by Gasteiger charge is -2.34. The van der Waals surface area contributed by atoms with Crippen LogP contribution in [0.5, 0.6) is 0 Å². The first-order chi connectivity index (χ1) is 12.7. The third-order valence-electron chi connectivity index (χ3n) is 5.33. The normalized spacial score (nSPS) is 19.7. The van der Waals surface area contributed by atoms with Crippen molar-refractivity contribution in [1.29, 1.82) is 0 Å². The molecule has 0 aliphatic carbocycles. The van der Waals surface area contributed by atoms with E-state index in [1.165, 1.54) is 18.4 Å². The van der Waals surface area contributed by atoms with Gasteiger partial charge in [-0.25, -0.2) is 4.79 Å². The number of imidazole rings is 1. The number of nitrogens with one attached hydrogen (secondary N) is 2. The Morgan fingerprint density at radius 3 is 2.77 bits per heavy atom. The van der Waals surface area contributed by atoms with Crippen LogP contribution in [-0.4, -0.2) is 39.6 Å². The molecule has 5 nitrogen and oxygen atoms in total. The van der Waals surface area contributed by atoms with Gasteiger partial charge in [0.05, 0.1) is 17.1 Å². The Morgan fingerprint density at radius 1 is 1.12 bits per heavy atom. The number of rotatable bonds is 5. The number of likely N-dealkylation sites (tertiary alicyclic amines) is 1. The highest BCUT2D eigenvalue weighted by atomic mass is 16.3. The third kappa shape index (κ3) is 3.89. The summed E-state index contributed by atoms with van der Waals surface area (Å²) < 4.78 is 0. The highest BCUT2D eigenvalue weighted by Crippen LogP contribution is 2.24. The number of aromatic nitrogens is 2. The number of nitrogens with zero attached hydrogens (tertiary/aromatic N) is 1. The second-order valence-electron chi connectivity index (χ2n) is 7.36. The highest BCUT2D eigenvalue weighted by Gasteiger charge is 2.22. The molecule has 2 heterocycles. The molecular weight excluding hydrogens is 326 g/mol. The third-order valence-corrected chi connectivity index (χ3v) is 5.33. The molecule has 1 aliphatic rings. The van der Waals surface area contributed by atoms with Crippen LogP contribution in [0.25, 0.3) is 11.0 Å². The zero-order valence-electron chi connectivity index (χ0n) is 14.8. The maximum absolute atomic E-state index is 11.4. The summed E-state index contributed by atoms with van der Waals surface area (Å²) in [6.45, 7) is 2.69. The molecule has 1 fully saturated rings. The Balaban J connectivity index is 1.39. The minimum atomic E-state index is -0.548. The van der Waals surface area contributed by atoms with Gasteiger partial charge in [0.15, 0.2) is 0 Å². The number of aliphatic hydroxyl groups excluding tert-OH is 1. The number of fused-ring (bicyclic) bond motifs is 1. The quantitative estimate of drug-likeness (QED) is 0.662. The van der Waals surface area contributed by atoms with Gasteiger partial charge in [0.1, 0.15) is 0 Å². The summed E-state index contributed by atoms with van der Waals surface area (Å²) in [6.07, 6.45) is 2.98. The predicted octanol–water partition coefficient (Wildman–Crippen LogP) is 2.84. The number of β-amino-alcohol motifs (C(OH)–C–C–N with tert-alkyl or cyclic N) is 1. The average Bonchev–Trinajstić information content (AvgIpc) is 3.02. The first-order valence-corrected chi connectivity index (χ1v) is 9.33. The van der Waals surface area contributed by atoms with Crippen LogP contribution in [0.15, 0.2) is 53.3 Å². The molecule has 3 N–H and O–H groups in total. The fourth-order valence-electron chi connectivity index (χ4n) is 4.04. The first-order valence-electron chi connectivity index (χ1n) is 9.33. The van der Waals surface area contributed by atoms with Gasteiger partial charge in [0, 0.05) is 13.1 Å². The zero-order valence-corrected chi connectivity index (χ0v) is 14.8. The fourth-order valence-corrected chi connectivity index (χ4v) is 4.04. The number of benzene rings is 2. The van der Waals surface area contributed by atoms with E-state index < -0.39 is 6.10 Å². The predicted molar refractivity (Wildman–Crippen MR) is 103 cm³/mol. The molecule has 4 rings (SSSR count). The minimum Gasteiger partial charge on any atom is -0.387 e. The molecule has 1 aromatic heterocycles. The number of aromatic amines is 2. The van der Waals surface area contributed by atoms with Gasteiger partial charge in [0.25, 0.3) is 0 Å². The van der Waals surface area contributed by atoms with Crippen molar-refractivity contribution >= 4 is 11.0 Å². The summed E-state index contributed by atoms with van der Waals surface area (Å²) in [5, 5.41) is 10.7. The van der Waals surface area contributed by atoms with Crippen LogP contribution in [0.3, 0.4) is 0 Å². The molecule has 5 heteroatoms. The van der Waals surface area contributed by atoms with E-state index in [1.807, 2.05) is 18.2 Å². The van der Waals surface area contributed by atoms with Gasteiger partial charge >= 0.3 is 5.69 Å². The summed E-state index contributed by atoms with van der Waals surface area (Å²) in [5.41, 5.74) is 3.53. The Labute approximate surface area is 152 Å². The van der Waals surface area contributed by atoms with E-state index in [0.717, 1.165) is 36.1 Å². The van der Waals surface area contributed by atoms with E-state index >= 15 is 0 Å². The van der Waals surface area contributed by atoms with Gasteiger partial charge in [-0.2, -0.15) is 0 Å². The summed E-state index contributed by atoms with van der Waals surface area (Å²) in [5.74, 6) is 0.641. The molecule has 0 saturated carbocycles. The Kier molecular flexibility index (Phi) is 4.91. The monoisotopic (exact) mass is 351 g/mol. The largest absolute Gasteiger partial charge is 0.387 e. The van der Waals surface area contributed by atoms with Crippen LogP contribution in [0.1, 0.15) is 30.1 Å². The molecule has 2 aromatic carbocycles. The summed E-state index contributed by atoms with van der Waals surface area (Å²) >= 11 is 0. The Hall–Kier alpha value is -2.37. The van der Waals surface area contributed by atoms with E-state index in [1.54, 1.807) is 0 Å². The highest BCUT2D eigenvalue weighted by molar-refractivity contribution is 5.75.